The van der Waals surface area contributed by atoms with Gasteiger partial charge >= 0.3 is 0 Å². The van der Waals surface area contributed by atoms with E-state index in [9.17, 15) is 5.26 Å². The molecule has 1 atom stereocenters. The third kappa shape index (κ3) is 4.23. The number of nitriles is 1. The largest absolute Gasteiger partial charge is 0.491 e. The van der Waals surface area contributed by atoms with Crippen molar-refractivity contribution in [3.63, 3.8) is 0 Å². The van der Waals surface area contributed by atoms with E-state index in [1.54, 1.807) is 7.11 Å². The number of piperazine rings is 1. The van der Waals surface area contributed by atoms with Gasteiger partial charge in [-0.05, 0) is 18.9 Å². The molecule has 5 nitrogen and oxygen atoms in total. The number of benzene rings is 1. The number of hydrogen-bond donors (Lipinski definition) is 0. The van der Waals surface area contributed by atoms with Crippen LogP contribution in [-0.4, -0.2) is 61.8 Å². The van der Waals surface area contributed by atoms with Crippen molar-refractivity contribution in [1.82, 2.24) is 9.80 Å². The van der Waals surface area contributed by atoms with Crippen LogP contribution in [0.2, 0.25) is 0 Å². The average Bonchev–Trinajstić information content (AvgIpc) is 3.41. The predicted octanol–water partition coefficient (Wildman–Crippen LogP) is 1.88. The molecule has 1 unspecified atom stereocenters. The highest BCUT2D eigenvalue weighted by Crippen LogP contribution is 2.30. The lowest BCUT2D eigenvalue weighted by Gasteiger charge is -2.38. The van der Waals surface area contributed by atoms with Crippen LogP contribution < -0.4 is 4.74 Å². The van der Waals surface area contributed by atoms with E-state index < -0.39 is 0 Å². The molecular formula is C18H25N3O2. The van der Waals surface area contributed by atoms with Gasteiger partial charge in [-0.15, -0.1) is 0 Å². The van der Waals surface area contributed by atoms with E-state index in [1.165, 1.54) is 18.4 Å². The first-order chi connectivity index (χ1) is 11.3. The minimum atomic E-state index is 0.0258. The Bertz CT molecular complexity index is 553. The SMILES string of the molecule is COCCOc1ccccc1CN1CCN(C2CC2)C(C#N)C1. The van der Waals surface area contributed by atoms with Crippen molar-refractivity contribution >= 4 is 0 Å². The minimum Gasteiger partial charge on any atom is -0.491 e. The summed E-state index contributed by atoms with van der Waals surface area (Å²) in [6.07, 6.45) is 2.52. The molecule has 1 aliphatic heterocycles. The van der Waals surface area contributed by atoms with Crippen molar-refractivity contribution < 1.29 is 9.47 Å². The normalized spacial score (nSPS) is 22.7. The molecule has 1 aliphatic carbocycles. The van der Waals surface area contributed by atoms with Gasteiger partial charge in [-0.3, -0.25) is 9.80 Å². The first-order valence-corrected chi connectivity index (χ1v) is 8.39. The van der Waals surface area contributed by atoms with Crippen LogP contribution in [0.25, 0.3) is 0 Å². The van der Waals surface area contributed by atoms with Gasteiger partial charge < -0.3 is 9.47 Å². The summed E-state index contributed by atoms with van der Waals surface area (Å²) in [5.74, 6) is 0.919. The lowest BCUT2D eigenvalue weighted by atomic mass is 10.1. The number of nitrogens with zero attached hydrogens (tertiary/aromatic N) is 3. The summed E-state index contributed by atoms with van der Waals surface area (Å²) in [6, 6.07) is 11.3. The maximum Gasteiger partial charge on any atom is 0.123 e. The summed E-state index contributed by atoms with van der Waals surface area (Å²) < 4.78 is 10.9. The van der Waals surface area contributed by atoms with Crippen LogP contribution >= 0.6 is 0 Å². The number of methoxy groups -OCH3 is 1. The molecular weight excluding hydrogens is 290 g/mol. The molecule has 0 aromatic heterocycles. The Kier molecular flexibility index (Phi) is 5.50. The number of rotatable bonds is 7. The van der Waals surface area contributed by atoms with Crippen LogP contribution in [0.4, 0.5) is 0 Å². The Hall–Kier alpha value is -1.61. The maximum atomic E-state index is 9.46. The van der Waals surface area contributed by atoms with Gasteiger partial charge in [-0.1, -0.05) is 18.2 Å². The van der Waals surface area contributed by atoms with Crippen LogP contribution in [0.5, 0.6) is 5.75 Å². The van der Waals surface area contributed by atoms with Crippen LogP contribution in [0.3, 0.4) is 0 Å². The van der Waals surface area contributed by atoms with E-state index in [2.05, 4.69) is 21.9 Å². The van der Waals surface area contributed by atoms with Gasteiger partial charge in [0.15, 0.2) is 0 Å². The average molecular weight is 315 g/mol. The molecule has 2 aliphatic rings. The zero-order valence-electron chi connectivity index (χ0n) is 13.8. The second-order valence-corrected chi connectivity index (χ2v) is 6.30. The van der Waals surface area contributed by atoms with E-state index in [0.29, 0.717) is 19.3 Å². The number of hydrogen-bond acceptors (Lipinski definition) is 5. The Balaban J connectivity index is 1.60. The first-order valence-electron chi connectivity index (χ1n) is 8.39. The molecule has 1 aromatic carbocycles. The lowest BCUT2D eigenvalue weighted by Crippen LogP contribution is -2.52. The van der Waals surface area contributed by atoms with E-state index in [-0.39, 0.29) is 6.04 Å². The summed E-state index contributed by atoms with van der Waals surface area (Å²) in [6.45, 7) is 4.81. The van der Waals surface area contributed by atoms with Crippen molar-refractivity contribution in [1.29, 1.82) is 5.26 Å². The first kappa shape index (κ1) is 16.3. The van der Waals surface area contributed by atoms with Gasteiger partial charge in [-0.25, -0.2) is 0 Å². The Morgan fingerprint density at radius 1 is 1.22 bits per heavy atom. The van der Waals surface area contributed by atoms with Crippen molar-refractivity contribution in [2.45, 2.75) is 31.5 Å². The van der Waals surface area contributed by atoms with Crippen LogP contribution in [-0.2, 0) is 11.3 Å². The van der Waals surface area contributed by atoms with Gasteiger partial charge in [0.25, 0.3) is 0 Å². The fourth-order valence-corrected chi connectivity index (χ4v) is 3.21. The highest BCUT2D eigenvalue weighted by atomic mass is 16.5. The van der Waals surface area contributed by atoms with Gasteiger partial charge in [0.2, 0.25) is 0 Å². The molecule has 0 radical (unpaired) electrons. The van der Waals surface area contributed by atoms with Crippen LogP contribution in [0.1, 0.15) is 18.4 Å². The Labute approximate surface area is 138 Å². The Morgan fingerprint density at radius 2 is 2.04 bits per heavy atom. The van der Waals surface area contributed by atoms with Crippen molar-refractivity contribution in [3.05, 3.63) is 29.8 Å². The molecule has 0 spiro atoms. The molecule has 124 valence electrons. The summed E-state index contributed by atoms with van der Waals surface area (Å²) in [5.41, 5.74) is 1.18. The Morgan fingerprint density at radius 3 is 2.78 bits per heavy atom. The van der Waals surface area contributed by atoms with Gasteiger partial charge in [0.05, 0.1) is 12.7 Å². The molecule has 1 heterocycles. The van der Waals surface area contributed by atoms with E-state index in [0.717, 1.165) is 31.9 Å². The highest BCUT2D eigenvalue weighted by molar-refractivity contribution is 5.33. The maximum absolute atomic E-state index is 9.46. The molecule has 0 bridgehead atoms. The number of para-hydroxylation sites is 1. The quantitative estimate of drug-likeness (QED) is 0.719. The molecule has 2 fully saturated rings. The second kappa shape index (κ2) is 7.78. The number of ether oxygens (including phenoxy) is 2. The van der Waals surface area contributed by atoms with Crippen LogP contribution in [0.15, 0.2) is 24.3 Å². The molecule has 1 saturated carbocycles. The topological polar surface area (TPSA) is 48.7 Å². The fraction of sp³-hybridized carbons (Fsp3) is 0.611. The third-order valence-electron chi connectivity index (χ3n) is 4.58. The smallest absolute Gasteiger partial charge is 0.123 e. The molecule has 5 heteroatoms. The lowest BCUT2D eigenvalue weighted by molar-refractivity contribution is 0.0885. The van der Waals surface area contributed by atoms with E-state index in [4.69, 9.17) is 9.47 Å². The molecule has 0 amide bonds. The summed E-state index contributed by atoms with van der Waals surface area (Å²) >= 11 is 0. The third-order valence-corrected chi connectivity index (χ3v) is 4.58. The van der Waals surface area contributed by atoms with Gasteiger partial charge in [0.1, 0.15) is 18.4 Å². The fourth-order valence-electron chi connectivity index (χ4n) is 3.21. The second-order valence-electron chi connectivity index (χ2n) is 6.30. The van der Waals surface area contributed by atoms with E-state index in [1.807, 2.05) is 18.2 Å². The summed E-state index contributed by atoms with van der Waals surface area (Å²) in [4.78, 5) is 4.75. The van der Waals surface area contributed by atoms with E-state index >= 15 is 0 Å². The molecule has 3 rings (SSSR count). The molecule has 23 heavy (non-hydrogen) atoms. The minimum absolute atomic E-state index is 0.0258. The van der Waals surface area contributed by atoms with Crippen LogP contribution in [0, 0.1) is 11.3 Å². The molecule has 0 N–H and O–H groups in total. The zero-order valence-corrected chi connectivity index (χ0v) is 13.8. The van der Waals surface area contributed by atoms with Crippen molar-refractivity contribution in [2.75, 3.05) is 40.0 Å². The predicted molar refractivity (Wildman–Crippen MR) is 88.2 cm³/mol. The summed E-state index contributed by atoms with van der Waals surface area (Å²) in [7, 11) is 1.68. The van der Waals surface area contributed by atoms with Gasteiger partial charge in [-0.2, -0.15) is 5.26 Å². The molecule has 1 aromatic rings. The van der Waals surface area contributed by atoms with Gasteiger partial charge in [0, 0.05) is 44.9 Å². The molecule has 1 saturated heterocycles. The summed E-state index contributed by atoms with van der Waals surface area (Å²) in [5, 5.41) is 9.46. The standard InChI is InChI=1S/C18H25N3O2/c1-22-10-11-23-18-5-3-2-4-15(18)13-20-8-9-21(16-6-7-16)17(12-19)14-20/h2-5,16-17H,6-11,13-14H2,1H3. The van der Waals surface area contributed by atoms with Crippen molar-refractivity contribution in [3.8, 4) is 11.8 Å². The zero-order chi connectivity index (χ0) is 16.1. The van der Waals surface area contributed by atoms with Crippen molar-refractivity contribution in [2.24, 2.45) is 0 Å². The monoisotopic (exact) mass is 315 g/mol. The highest BCUT2D eigenvalue weighted by Gasteiger charge is 2.37.